The number of cyclic esters (lactones) is 1. The summed E-state index contributed by atoms with van der Waals surface area (Å²) in [5, 5.41) is 23.7. The van der Waals surface area contributed by atoms with E-state index in [9.17, 15) is 29.4 Å². The number of hydrogen-bond donors (Lipinski definition) is 3. The van der Waals surface area contributed by atoms with E-state index in [1.165, 1.54) is 6.92 Å². The molecule has 0 radical (unpaired) electrons. The SMILES string of the molecule is CC(=O)NN=C1CCC[C@H](C)OC(=O)c2c(O)cc(O)c(Cl)c2CCCC(=O)C1=O. The Hall–Kier alpha value is -2.94. The number of hydrazone groups is 1. The van der Waals surface area contributed by atoms with Crippen molar-refractivity contribution in [3.05, 3.63) is 22.2 Å². The van der Waals surface area contributed by atoms with Gasteiger partial charge in [-0.2, -0.15) is 5.10 Å². The minimum Gasteiger partial charge on any atom is -0.507 e. The lowest BCUT2D eigenvalue weighted by atomic mass is 9.96. The van der Waals surface area contributed by atoms with Crippen LogP contribution in [0, 0.1) is 0 Å². The van der Waals surface area contributed by atoms with Crippen LogP contribution in [-0.2, 0) is 25.5 Å². The fourth-order valence-electron chi connectivity index (χ4n) is 3.07. The standard InChI is InChI=1S/C20H23ClN2O7/c1-10-5-3-7-13(23-22-11(2)24)19(28)14(25)8-4-6-12-17(20(29)30-10)15(26)9-16(27)18(12)21/h9-10,26-27H,3-8H2,1-2H3,(H,22,24)/t10-/m0/s1. The number of amides is 1. The van der Waals surface area contributed by atoms with Crippen molar-refractivity contribution in [1.82, 2.24) is 5.43 Å². The van der Waals surface area contributed by atoms with Crippen LogP contribution in [0.5, 0.6) is 11.5 Å². The Morgan fingerprint density at radius 2 is 1.87 bits per heavy atom. The Labute approximate surface area is 178 Å². The van der Waals surface area contributed by atoms with Gasteiger partial charge in [0.05, 0.1) is 11.1 Å². The number of esters is 1. The van der Waals surface area contributed by atoms with Crippen LogP contribution in [0.4, 0.5) is 0 Å². The third-order valence-electron chi connectivity index (χ3n) is 4.55. The van der Waals surface area contributed by atoms with E-state index in [0.29, 0.717) is 12.8 Å². The van der Waals surface area contributed by atoms with Gasteiger partial charge in [0.25, 0.3) is 0 Å². The smallest absolute Gasteiger partial charge is 0.342 e. The maximum absolute atomic E-state index is 12.6. The molecule has 30 heavy (non-hydrogen) atoms. The zero-order valence-electron chi connectivity index (χ0n) is 16.7. The number of rotatable bonds is 1. The molecule has 162 valence electrons. The molecule has 1 heterocycles. The minimum absolute atomic E-state index is 0.0385. The first-order valence-corrected chi connectivity index (χ1v) is 9.84. The van der Waals surface area contributed by atoms with Gasteiger partial charge in [-0.25, -0.2) is 10.2 Å². The zero-order chi connectivity index (χ0) is 22.4. The quantitative estimate of drug-likeness (QED) is 0.347. The zero-order valence-corrected chi connectivity index (χ0v) is 17.4. The second-order valence-corrected chi connectivity index (χ2v) is 7.40. The van der Waals surface area contributed by atoms with Crippen molar-refractivity contribution in [2.45, 2.75) is 58.5 Å². The van der Waals surface area contributed by atoms with Gasteiger partial charge < -0.3 is 14.9 Å². The number of ketones is 2. The molecule has 0 aromatic heterocycles. The third kappa shape index (κ3) is 5.79. The van der Waals surface area contributed by atoms with Crippen molar-refractivity contribution in [3.63, 3.8) is 0 Å². The molecule has 1 aromatic carbocycles. The molecular weight excluding hydrogens is 416 g/mol. The van der Waals surface area contributed by atoms with Crippen LogP contribution in [-0.4, -0.2) is 45.5 Å². The van der Waals surface area contributed by atoms with Gasteiger partial charge in [0, 0.05) is 19.4 Å². The lowest BCUT2D eigenvalue weighted by Crippen LogP contribution is -2.28. The van der Waals surface area contributed by atoms with Gasteiger partial charge in [0.15, 0.2) is 0 Å². The van der Waals surface area contributed by atoms with E-state index in [-0.39, 0.29) is 47.5 Å². The molecule has 1 aliphatic heterocycles. The monoisotopic (exact) mass is 438 g/mol. The first-order chi connectivity index (χ1) is 14.1. The van der Waals surface area contributed by atoms with Crippen LogP contribution < -0.4 is 5.43 Å². The molecule has 0 unspecified atom stereocenters. The van der Waals surface area contributed by atoms with E-state index in [1.54, 1.807) is 6.92 Å². The predicted molar refractivity (Wildman–Crippen MR) is 108 cm³/mol. The summed E-state index contributed by atoms with van der Waals surface area (Å²) in [7, 11) is 0. The van der Waals surface area contributed by atoms with Crippen LogP contribution in [0.2, 0.25) is 5.02 Å². The molecule has 1 atom stereocenters. The molecule has 0 saturated heterocycles. The number of nitrogens with one attached hydrogen (secondary N) is 1. The Bertz CT molecular complexity index is 911. The molecule has 0 fully saturated rings. The highest BCUT2D eigenvalue weighted by Gasteiger charge is 2.27. The molecule has 10 heteroatoms. The molecule has 3 N–H and O–H groups in total. The van der Waals surface area contributed by atoms with E-state index >= 15 is 0 Å². The van der Waals surface area contributed by atoms with Crippen molar-refractivity contribution in [2.75, 3.05) is 0 Å². The second kappa shape index (κ2) is 10.2. The summed E-state index contributed by atoms with van der Waals surface area (Å²) in [6.07, 6.45) is 0.236. The number of phenolic OH excluding ortho intramolecular Hbond substituents is 2. The fourth-order valence-corrected chi connectivity index (χ4v) is 3.31. The number of carbonyl (C=O) groups excluding carboxylic acids is 4. The van der Waals surface area contributed by atoms with Crippen LogP contribution in [0.1, 0.15) is 61.9 Å². The number of aromatic hydroxyl groups is 2. The van der Waals surface area contributed by atoms with Crippen molar-refractivity contribution >= 4 is 40.8 Å². The summed E-state index contributed by atoms with van der Waals surface area (Å²) in [4.78, 5) is 48.5. The number of nitrogens with zero attached hydrogens (tertiary/aromatic N) is 1. The molecule has 2 rings (SSSR count). The number of carbonyl (C=O) groups is 4. The average molecular weight is 439 g/mol. The van der Waals surface area contributed by atoms with E-state index in [2.05, 4.69) is 10.5 Å². The molecule has 0 saturated carbocycles. The molecule has 1 aromatic rings. The largest absolute Gasteiger partial charge is 0.507 e. The third-order valence-corrected chi connectivity index (χ3v) is 4.97. The van der Waals surface area contributed by atoms with Crippen molar-refractivity contribution < 1.29 is 34.1 Å². The highest BCUT2D eigenvalue weighted by atomic mass is 35.5. The summed E-state index contributed by atoms with van der Waals surface area (Å²) in [5.41, 5.74) is 2.06. The molecule has 1 amide bonds. The van der Waals surface area contributed by atoms with E-state index in [4.69, 9.17) is 16.3 Å². The maximum atomic E-state index is 12.6. The van der Waals surface area contributed by atoms with E-state index in [1.807, 2.05) is 0 Å². The summed E-state index contributed by atoms with van der Waals surface area (Å²) in [5.74, 6) is -3.67. The highest BCUT2D eigenvalue weighted by Crippen LogP contribution is 2.37. The number of Topliss-reactive ketones (excluding diaryl/α,β-unsaturated/α-hetero) is 2. The number of halogens is 1. The fraction of sp³-hybridized carbons (Fsp3) is 0.450. The van der Waals surface area contributed by atoms with Gasteiger partial charge in [-0.15, -0.1) is 0 Å². The Morgan fingerprint density at radius 3 is 2.53 bits per heavy atom. The number of hydrogen-bond acceptors (Lipinski definition) is 8. The molecule has 9 nitrogen and oxygen atoms in total. The van der Waals surface area contributed by atoms with Crippen molar-refractivity contribution in [1.29, 1.82) is 0 Å². The Balaban J connectivity index is 2.37. The summed E-state index contributed by atoms with van der Waals surface area (Å²) >= 11 is 6.12. The number of phenols is 2. The van der Waals surface area contributed by atoms with Crippen LogP contribution >= 0.6 is 11.6 Å². The van der Waals surface area contributed by atoms with Gasteiger partial charge in [0.2, 0.25) is 17.5 Å². The molecule has 0 bridgehead atoms. The summed E-state index contributed by atoms with van der Waals surface area (Å²) in [6, 6.07) is 0.954. The first kappa shape index (κ1) is 23.3. The topological polar surface area (TPSA) is 142 Å². The summed E-state index contributed by atoms with van der Waals surface area (Å²) < 4.78 is 5.38. The van der Waals surface area contributed by atoms with E-state index in [0.717, 1.165) is 6.07 Å². The molecular formula is C20H23ClN2O7. The van der Waals surface area contributed by atoms with Gasteiger partial charge in [-0.1, -0.05) is 11.6 Å². The van der Waals surface area contributed by atoms with Crippen LogP contribution in [0.3, 0.4) is 0 Å². The number of fused-ring (bicyclic) bond motifs is 1. The van der Waals surface area contributed by atoms with Gasteiger partial charge in [0.1, 0.15) is 22.8 Å². The molecule has 1 aliphatic rings. The minimum atomic E-state index is -0.802. The molecule has 0 aliphatic carbocycles. The Morgan fingerprint density at radius 1 is 1.17 bits per heavy atom. The second-order valence-electron chi connectivity index (χ2n) is 7.02. The van der Waals surface area contributed by atoms with Crippen LogP contribution in [0.25, 0.3) is 0 Å². The predicted octanol–water partition coefficient (Wildman–Crippen LogP) is 2.43. The van der Waals surface area contributed by atoms with Gasteiger partial charge in [-0.05, 0) is 44.6 Å². The highest BCUT2D eigenvalue weighted by molar-refractivity contribution is 6.65. The lowest BCUT2D eigenvalue weighted by molar-refractivity contribution is -0.133. The number of ether oxygens (including phenoxy) is 1. The van der Waals surface area contributed by atoms with E-state index < -0.39 is 41.0 Å². The first-order valence-electron chi connectivity index (χ1n) is 9.46. The lowest BCUT2D eigenvalue weighted by Gasteiger charge is -2.18. The van der Waals surface area contributed by atoms with Crippen LogP contribution in [0.15, 0.2) is 11.2 Å². The normalized spacial score (nSPS) is 20.3. The molecule has 0 spiro atoms. The Kier molecular flexibility index (Phi) is 7.93. The average Bonchev–Trinajstić information content (AvgIpc) is 2.66. The number of benzene rings is 1. The van der Waals surface area contributed by atoms with Gasteiger partial charge >= 0.3 is 5.97 Å². The summed E-state index contributed by atoms with van der Waals surface area (Å²) in [6.45, 7) is 2.87. The van der Waals surface area contributed by atoms with Gasteiger partial charge in [-0.3, -0.25) is 14.4 Å². The maximum Gasteiger partial charge on any atom is 0.342 e. The van der Waals surface area contributed by atoms with Crippen molar-refractivity contribution in [3.8, 4) is 11.5 Å². The van der Waals surface area contributed by atoms with Crippen molar-refractivity contribution in [2.24, 2.45) is 5.10 Å².